The Morgan fingerprint density at radius 1 is 1.16 bits per heavy atom. The van der Waals surface area contributed by atoms with Gasteiger partial charge in [0.1, 0.15) is 5.82 Å². The minimum atomic E-state index is -0.907. The molecule has 2 atom stereocenters. The number of nitrogens with zero attached hydrogens (tertiary/aromatic N) is 5. The first-order valence-electron chi connectivity index (χ1n) is 10.00. The summed E-state index contributed by atoms with van der Waals surface area (Å²) in [7, 11) is 1.73. The molecule has 0 aliphatic carbocycles. The zero-order valence-corrected chi connectivity index (χ0v) is 17.6. The van der Waals surface area contributed by atoms with E-state index in [2.05, 4.69) is 35.9 Å². The van der Waals surface area contributed by atoms with Gasteiger partial charge in [0.2, 0.25) is 5.95 Å². The van der Waals surface area contributed by atoms with Gasteiger partial charge in [-0.3, -0.25) is 0 Å². The van der Waals surface area contributed by atoms with E-state index in [-0.39, 0.29) is 24.6 Å². The number of hydrogen-bond donors (Lipinski definition) is 4. The Bertz CT molecular complexity index is 1010. The standard InChI is InChI=1S/C21H26FN7O2/c1-12(2)19-17(9-8-15(30)10-16(31)11-18-26-28-29-27-18)20(25-21(23-3)24-19)13-4-6-14(22)7-5-13/h4-9,12,15-16,30-31H,10-11H2,1-3H3,(H,23,24,25)(H,26,27,28,29)/b9-8+/t15-,16-/m1/s1. The molecule has 0 saturated heterocycles. The van der Waals surface area contributed by atoms with Crippen molar-refractivity contribution in [1.82, 2.24) is 30.6 Å². The van der Waals surface area contributed by atoms with Crippen molar-refractivity contribution in [2.75, 3.05) is 12.4 Å². The number of aromatic amines is 1. The van der Waals surface area contributed by atoms with Crippen molar-refractivity contribution < 1.29 is 14.6 Å². The topological polar surface area (TPSA) is 133 Å². The molecular formula is C21H26FN7O2. The van der Waals surface area contributed by atoms with Crippen molar-refractivity contribution in [3.05, 3.63) is 53.2 Å². The number of benzene rings is 1. The van der Waals surface area contributed by atoms with Crippen LogP contribution in [0.5, 0.6) is 0 Å². The molecule has 164 valence electrons. The maximum Gasteiger partial charge on any atom is 0.223 e. The van der Waals surface area contributed by atoms with Crippen LogP contribution in [0.2, 0.25) is 0 Å². The summed E-state index contributed by atoms with van der Waals surface area (Å²) in [5, 5.41) is 36.8. The molecule has 0 fully saturated rings. The summed E-state index contributed by atoms with van der Waals surface area (Å²) in [6.07, 6.45) is 1.93. The Morgan fingerprint density at radius 2 is 1.90 bits per heavy atom. The third kappa shape index (κ3) is 5.89. The van der Waals surface area contributed by atoms with Crippen LogP contribution in [0.1, 0.15) is 43.3 Å². The van der Waals surface area contributed by atoms with Crippen molar-refractivity contribution >= 4 is 12.0 Å². The summed E-state index contributed by atoms with van der Waals surface area (Å²) >= 11 is 0. The van der Waals surface area contributed by atoms with Gasteiger partial charge in [-0.25, -0.2) is 19.5 Å². The van der Waals surface area contributed by atoms with Crippen LogP contribution in [0.4, 0.5) is 10.3 Å². The smallest absolute Gasteiger partial charge is 0.223 e. The molecule has 0 amide bonds. The average Bonchev–Trinajstić information content (AvgIpc) is 3.25. The molecule has 2 heterocycles. The molecule has 10 heteroatoms. The first-order chi connectivity index (χ1) is 14.9. The lowest BCUT2D eigenvalue weighted by molar-refractivity contribution is 0.103. The monoisotopic (exact) mass is 427 g/mol. The van der Waals surface area contributed by atoms with Gasteiger partial charge in [-0.05, 0) is 40.6 Å². The van der Waals surface area contributed by atoms with Crippen LogP contribution >= 0.6 is 0 Å². The van der Waals surface area contributed by atoms with Gasteiger partial charge < -0.3 is 15.5 Å². The molecule has 0 radical (unpaired) electrons. The molecule has 31 heavy (non-hydrogen) atoms. The van der Waals surface area contributed by atoms with Gasteiger partial charge in [-0.15, -0.1) is 5.10 Å². The Hall–Kier alpha value is -3.24. The molecule has 4 N–H and O–H groups in total. The Kier molecular flexibility index (Phi) is 7.37. The average molecular weight is 427 g/mol. The predicted octanol–water partition coefficient (Wildman–Crippen LogP) is 2.33. The third-order valence-electron chi connectivity index (χ3n) is 4.68. The van der Waals surface area contributed by atoms with E-state index < -0.39 is 12.2 Å². The highest BCUT2D eigenvalue weighted by Gasteiger charge is 2.18. The Labute approximate surface area is 179 Å². The molecule has 3 aromatic rings. The molecule has 0 unspecified atom stereocenters. The molecule has 9 nitrogen and oxygen atoms in total. The molecule has 0 aliphatic heterocycles. The zero-order valence-electron chi connectivity index (χ0n) is 17.6. The number of tetrazole rings is 1. The van der Waals surface area contributed by atoms with E-state index >= 15 is 0 Å². The molecule has 1 aromatic carbocycles. The number of aliphatic hydroxyl groups excluding tert-OH is 2. The summed E-state index contributed by atoms with van der Waals surface area (Å²) in [5.74, 6) is 0.645. The number of hydrogen-bond acceptors (Lipinski definition) is 8. The lowest BCUT2D eigenvalue weighted by atomic mass is 9.97. The van der Waals surface area contributed by atoms with Gasteiger partial charge in [-0.1, -0.05) is 26.0 Å². The Morgan fingerprint density at radius 3 is 2.52 bits per heavy atom. The fourth-order valence-electron chi connectivity index (χ4n) is 3.17. The second kappa shape index (κ2) is 10.2. The number of aliphatic hydroxyl groups is 2. The minimum absolute atomic E-state index is 0.0793. The minimum Gasteiger partial charge on any atom is -0.393 e. The molecule has 3 rings (SSSR count). The number of nitrogens with one attached hydrogen (secondary N) is 2. The summed E-state index contributed by atoms with van der Waals surface area (Å²) < 4.78 is 13.4. The second-order valence-electron chi connectivity index (χ2n) is 7.47. The van der Waals surface area contributed by atoms with Gasteiger partial charge in [0.15, 0.2) is 5.82 Å². The quantitative estimate of drug-likeness (QED) is 0.409. The third-order valence-corrected chi connectivity index (χ3v) is 4.68. The number of halogens is 1. The highest BCUT2D eigenvalue weighted by molar-refractivity contribution is 5.74. The molecule has 2 aromatic heterocycles. The van der Waals surface area contributed by atoms with Crippen LogP contribution in [0.15, 0.2) is 30.3 Å². The van der Waals surface area contributed by atoms with Crippen molar-refractivity contribution in [3.8, 4) is 11.3 Å². The first kappa shape index (κ1) is 22.4. The van der Waals surface area contributed by atoms with Gasteiger partial charge in [0.25, 0.3) is 0 Å². The van der Waals surface area contributed by atoms with E-state index in [9.17, 15) is 14.6 Å². The SMILES string of the molecule is CNc1nc(-c2ccc(F)cc2)c(/C=C/[C@@H](O)C[C@@H](O)Cc2nnn[nH]2)c(C(C)C)n1. The molecule has 0 bridgehead atoms. The fourth-order valence-corrected chi connectivity index (χ4v) is 3.17. The summed E-state index contributed by atoms with van der Waals surface area (Å²) in [4.78, 5) is 9.15. The number of anilines is 1. The lowest BCUT2D eigenvalue weighted by Crippen LogP contribution is -2.19. The van der Waals surface area contributed by atoms with E-state index in [0.29, 0.717) is 17.5 Å². The number of rotatable bonds is 9. The van der Waals surface area contributed by atoms with E-state index in [1.165, 1.54) is 12.1 Å². The van der Waals surface area contributed by atoms with Crippen LogP contribution in [-0.2, 0) is 6.42 Å². The van der Waals surface area contributed by atoms with Gasteiger partial charge >= 0.3 is 0 Å². The van der Waals surface area contributed by atoms with Crippen molar-refractivity contribution in [1.29, 1.82) is 0 Å². The van der Waals surface area contributed by atoms with E-state index in [4.69, 9.17) is 0 Å². The van der Waals surface area contributed by atoms with E-state index in [1.807, 2.05) is 13.8 Å². The van der Waals surface area contributed by atoms with Crippen LogP contribution in [0, 0.1) is 5.82 Å². The summed E-state index contributed by atoms with van der Waals surface area (Å²) in [6.45, 7) is 4.03. The molecule has 0 aliphatic rings. The zero-order chi connectivity index (χ0) is 22.4. The van der Waals surface area contributed by atoms with Gasteiger partial charge in [-0.2, -0.15) is 0 Å². The Balaban J connectivity index is 1.89. The largest absolute Gasteiger partial charge is 0.393 e. The molecule has 0 saturated carbocycles. The molecular weight excluding hydrogens is 401 g/mol. The first-order valence-corrected chi connectivity index (χ1v) is 10.00. The van der Waals surface area contributed by atoms with Crippen LogP contribution in [0.25, 0.3) is 17.3 Å². The van der Waals surface area contributed by atoms with E-state index in [1.54, 1.807) is 31.3 Å². The fraction of sp³-hybridized carbons (Fsp3) is 0.381. The number of H-pyrrole nitrogens is 1. The predicted molar refractivity (Wildman–Crippen MR) is 115 cm³/mol. The van der Waals surface area contributed by atoms with Crippen LogP contribution in [-0.4, -0.2) is 60.1 Å². The van der Waals surface area contributed by atoms with Crippen molar-refractivity contribution in [2.24, 2.45) is 0 Å². The highest BCUT2D eigenvalue weighted by atomic mass is 19.1. The maximum atomic E-state index is 13.4. The number of aromatic nitrogens is 6. The van der Waals surface area contributed by atoms with Crippen molar-refractivity contribution in [2.45, 2.75) is 44.8 Å². The normalized spacial score (nSPS) is 13.6. The van der Waals surface area contributed by atoms with Crippen molar-refractivity contribution in [3.63, 3.8) is 0 Å². The van der Waals surface area contributed by atoms with E-state index in [0.717, 1.165) is 16.8 Å². The summed E-state index contributed by atoms with van der Waals surface area (Å²) in [5.41, 5.74) is 2.87. The molecule has 0 spiro atoms. The second-order valence-corrected chi connectivity index (χ2v) is 7.47. The maximum absolute atomic E-state index is 13.4. The highest BCUT2D eigenvalue weighted by Crippen LogP contribution is 2.30. The van der Waals surface area contributed by atoms with Gasteiger partial charge in [0, 0.05) is 31.0 Å². The van der Waals surface area contributed by atoms with Crippen LogP contribution < -0.4 is 5.32 Å². The van der Waals surface area contributed by atoms with Crippen LogP contribution in [0.3, 0.4) is 0 Å². The lowest BCUT2D eigenvalue weighted by Gasteiger charge is -2.16. The van der Waals surface area contributed by atoms with Gasteiger partial charge in [0.05, 0.1) is 23.6 Å². The summed E-state index contributed by atoms with van der Waals surface area (Å²) in [6, 6.07) is 6.07.